The summed E-state index contributed by atoms with van der Waals surface area (Å²) in [5.74, 6) is 0.765. The Morgan fingerprint density at radius 3 is 2.50 bits per heavy atom. The summed E-state index contributed by atoms with van der Waals surface area (Å²) in [6.45, 7) is 6.94. The maximum Gasteiger partial charge on any atom is 0.127 e. The molecule has 0 aromatic heterocycles. The Hall–Kier alpha value is -0.410. The fourth-order valence-corrected chi connectivity index (χ4v) is 2.59. The van der Waals surface area contributed by atoms with Crippen molar-refractivity contribution >= 4 is 6.29 Å². The van der Waals surface area contributed by atoms with Gasteiger partial charge in [0.2, 0.25) is 0 Å². The lowest BCUT2D eigenvalue weighted by Gasteiger charge is -2.38. The van der Waals surface area contributed by atoms with Gasteiger partial charge in [0.25, 0.3) is 0 Å². The molecule has 1 aliphatic carbocycles. The van der Waals surface area contributed by atoms with Gasteiger partial charge in [-0.15, -0.1) is 0 Å². The third kappa shape index (κ3) is 3.56. The molecule has 94 valence electrons. The van der Waals surface area contributed by atoms with Gasteiger partial charge in [0, 0.05) is 18.5 Å². The third-order valence-corrected chi connectivity index (χ3v) is 3.92. The number of hydrogen-bond acceptors (Lipinski definition) is 3. The minimum atomic E-state index is -0.141. The van der Waals surface area contributed by atoms with Crippen LogP contribution in [0.25, 0.3) is 0 Å². The van der Waals surface area contributed by atoms with Crippen LogP contribution >= 0.6 is 0 Å². The summed E-state index contributed by atoms with van der Waals surface area (Å²) in [6.07, 6.45) is 5.52. The Kier molecular flexibility index (Phi) is 5.42. The summed E-state index contributed by atoms with van der Waals surface area (Å²) < 4.78 is 0. The van der Waals surface area contributed by atoms with Gasteiger partial charge in [-0.1, -0.05) is 13.8 Å². The van der Waals surface area contributed by atoms with Gasteiger partial charge < -0.3 is 14.8 Å². The van der Waals surface area contributed by atoms with Gasteiger partial charge >= 0.3 is 0 Å². The lowest BCUT2D eigenvalue weighted by atomic mass is 9.71. The highest BCUT2D eigenvalue weighted by Crippen LogP contribution is 2.37. The predicted molar refractivity (Wildman–Crippen MR) is 65.3 cm³/mol. The highest BCUT2D eigenvalue weighted by Gasteiger charge is 2.35. The molecule has 3 nitrogen and oxygen atoms in total. The molecule has 0 heterocycles. The summed E-state index contributed by atoms with van der Waals surface area (Å²) in [5, 5.41) is 8.97. The third-order valence-electron chi connectivity index (χ3n) is 3.92. The predicted octanol–water partition coefficient (Wildman–Crippen LogP) is 1.70. The van der Waals surface area contributed by atoms with Crippen LogP contribution in [0.15, 0.2) is 0 Å². The van der Waals surface area contributed by atoms with Crippen LogP contribution < -0.4 is 0 Å². The first kappa shape index (κ1) is 13.7. The van der Waals surface area contributed by atoms with Crippen LogP contribution in [0.4, 0.5) is 0 Å². The van der Waals surface area contributed by atoms with E-state index < -0.39 is 0 Å². The SMILES string of the molecule is CCN(CCO)CC1(C=O)CCC(C)CC1. The second-order valence-electron chi connectivity index (χ2n) is 5.26. The number of aldehydes is 1. The van der Waals surface area contributed by atoms with Crippen molar-refractivity contribution in [1.82, 2.24) is 4.90 Å². The van der Waals surface area contributed by atoms with Crippen LogP contribution in [-0.2, 0) is 4.79 Å². The second kappa shape index (κ2) is 6.36. The summed E-state index contributed by atoms with van der Waals surface area (Å²) in [7, 11) is 0. The van der Waals surface area contributed by atoms with Crippen molar-refractivity contribution in [2.24, 2.45) is 11.3 Å². The molecule has 0 aliphatic heterocycles. The lowest BCUT2D eigenvalue weighted by molar-refractivity contribution is -0.119. The van der Waals surface area contributed by atoms with Crippen LogP contribution in [0.5, 0.6) is 0 Å². The van der Waals surface area contributed by atoms with Crippen molar-refractivity contribution in [3.8, 4) is 0 Å². The smallest absolute Gasteiger partial charge is 0.127 e. The number of aliphatic hydroxyl groups is 1. The van der Waals surface area contributed by atoms with Crippen molar-refractivity contribution in [1.29, 1.82) is 0 Å². The molecule has 0 atom stereocenters. The van der Waals surface area contributed by atoms with Crippen LogP contribution in [0, 0.1) is 11.3 Å². The van der Waals surface area contributed by atoms with Gasteiger partial charge in [0.15, 0.2) is 0 Å². The lowest BCUT2D eigenvalue weighted by Crippen LogP contribution is -2.42. The Bertz CT molecular complexity index is 210. The van der Waals surface area contributed by atoms with Crippen LogP contribution in [0.2, 0.25) is 0 Å². The molecule has 3 heteroatoms. The zero-order valence-electron chi connectivity index (χ0n) is 10.6. The summed E-state index contributed by atoms with van der Waals surface area (Å²) in [5.41, 5.74) is -0.141. The molecule has 1 fully saturated rings. The highest BCUT2D eigenvalue weighted by molar-refractivity contribution is 5.60. The standard InChI is InChI=1S/C13H25NO2/c1-3-14(8-9-15)10-13(11-16)6-4-12(2)5-7-13/h11-12,15H,3-10H2,1-2H3. The van der Waals surface area contributed by atoms with E-state index in [2.05, 4.69) is 18.7 Å². The van der Waals surface area contributed by atoms with Crippen LogP contribution in [0.1, 0.15) is 39.5 Å². The van der Waals surface area contributed by atoms with Crippen molar-refractivity contribution in [3.63, 3.8) is 0 Å². The molecule has 0 bridgehead atoms. The first-order valence-corrected chi connectivity index (χ1v) is 6.45. The summed E-state index contributed by atoms with van der Waals surface area (Å²) in [4.78, 5) is 13.5. The average molecular weight is 227 g/mol. The number of carbonyl (C=O) groups excluding carboxylic acids is 1. The summed E-state index contributed by atoms with van der Waals surface area (Å²) >= 11 is 0. The van der Waals surface area contributed by atoms with E-state index in [1.54, 1.807) is 0 Å². The number of aliphatic hydroxyl groups excluding tert-OH is 1. The molecule has 1 saturated carbocycles. The van der Waals surface area contributed by atoms with Gasteiger partial charge in [-0.25, -0.2) is 0 Å². The van der Waals surface area contributed by atoms with E-state index in [0.717, 1.165) is 44.7 Å². The molecular formula is C13H25NO2. The van der Waals surface area contributed by atoms with Gasteiger partial charge in [0.1, 0.15) is 6.29 Å². The molecular weight excluding hydrogens is 202 g/mol. The topological polar surface area (TPSA) is 40.5 Å². The molecule has 1 N–H and O–H groups in total. The van der Waals surface area contributed by atoms with Crippen molar-refractivity contribution in [2.45, 2.75) is 39.5 Å². The maximum atomic E-state index is 11.4. The van der Waals surface area contributed by atoms with Crippen molar-refractivity contribution < 1.29 is 9.90 Å². The Morgan fingerprint density at radius 2 is 2.06 bits per heavy atom. The molecule has 0 aromatic rings. The first-order valence-electron chi connectivity index (χ1n) is 6.45. The van der Waals surface area contributed by atoms with E-state index in [-0.39, 0.29) is 12.0 Å². The Balaban J connectivity index is 2.55. The maximum absolute atomic E-state index is 11.4. The Morgan fingerprint density at radius 1 is 1.44 bits per heavy atom. The van der Waals surface area contributed by atoms with Crippen LogP contribution in [-0.4, -0.2) is 42.5 Å². The molecule has 1 aliphatic rings. The van der Waals surface area contributed by atoms with E-state index in [4.69, 9.17) is 5.11 Å². The number of hydrogen-bond donors (Lipinski definition) is 1. The van der Waals surface area contributed by atoms with E-state index in [0.29, 0.717) is 6.54 Å². The fourth-order valence-electron chi connectivity index (χ4n) is 2.59. The van der Waals surface area contributed by atoms with Gasteiger partial charge in [-0.3, -0.25) is 0 Å². The minimum Gasteiger partial charge on any atom is -0.395 e. The highest BCUT2D eigenvalue weighted by atomic mass is 16.3. The van der Waals surface area contributed by atoms with Gasteiger partial charge in [0.05, 0.1) is 6.61 Å². The first-order chi connectivity index (χ1) is 7.65. The Labute approximate surface area is 98.8 Å². The summed E-state index contributed by atoms with van der Waals surface area (Å²) in [6, 6.07) is 0. The molecule has 0 aromatic carbocycles. The molecule has 0 radical (unpaired) electrons. The van der Waals surface area contributed by atoms with Crippen LogP contribution in [0.3, 0.4) is 0 Å². The van der Waals surface area contributed by atoms with E-state index in [1.807, 2.05) is 0 Å². The minimum absolute atomic E-state index is 0.141. The quantitative estimate of drug-likeness (QED) is 0.702. The molecule has 1 rings (SSSR count). The van der Waals surface area contributed by atoms with Crippen molar-refractivity contribution in [2.75, 3.05) is 26.2 Å². The van der Waals surface area contributed by atoms with Crippen molar-refractivity contribution in [3.05, 3.63) is 0 Å². The number of carbonyl (C=O) groups is 1. The van der Waals surface area contributed by atoms with E-state index in [9.17, 15) is 4.79 Å². The average Bonchev–Trinajstić information content (AvgIpc) is 2.32. The number of likely N-dealkylation sites (N-methyl/N-ethyl adjacent to an activating group) is 1. The molecule has 0 unspecified atom stereocenters. The monoisotopic (exact) mass is 227 g/mol. The van der Waals surface area contributed by atoms with E-state index in [1.165, 1.54) is 6.29 Å². The van der Waals surface area contributed by atoms with Gasteiger partial charge in [-0.05, 0) is 38.1 Å². The zero-order valence-corrected chi connectivity index (χ0v) is 10.6. The fraction of sp³-hybridized carbons (Fsp3) is 0.923. The van der Waals surface area contributed by atoms with E-state index >= 15 is 0 Å². The molecule has 16 heavy (non-hydrogen) atoms. The normalized spacial score (nSPS) is 30.6. The largest absolute Gasteiger partial charge is 0.395 e. The molecule has 0 spiro atoms. The second-order valence-corrected chi connectivity index (χ2v) is 5.26. The number of rotatable bonds is 6. The van der Waals surface area contributed by atoms with Gasteiger partial charge in [-0.2, -0.15) is 0 Å². The zero-order chi connectivity index (χ0) is 12.0. The molecule has 0 saturated heterocycles. The molecule has 0 amide bonds. The number of nitrogens with zero attached hydrogens (tertiary/aromatic N) is 1.